The maximum Gasteiger partial charge on any atom is 0.324 e. The fraction of sp³-hybridized carbons (Fsp3) is 0.455. The molecule has 3 heterocycles. The van der Waals surface area contributed by atoms with E-state index in [4.69, 9.17) is 11.6 Å². The smallest absolute Gasteiger partial charge is 0.324 e. The van der Waals surface area contributed by atoms with Crippen LogP contribution in [0.2, 0.25) is 5.15 Å². The van der Waals surface area contributed by atoms with E-state index in [1.165, 1.54) is 22.8 Å². The standard InChI is InChI=1S/C11H12ClN3O4S2/c1-19-10(16)7-3-2-4-15(7)21(17,18)9-8(12)13-11-14(9)5-6-20-11/h5-7H,2-4H2,1H3. The van der Waals surface area contributed by atoms with Gasteiger partial charge in [-0.3, -0.25) is 9.20 Å². The van der Waals surface area contributed by atoms with Crippen LogP contribution in [-0.4, -0.2) is 47.8 Å². The number of halogens is 1. The first kappa shape index (κ1) is 14.8. The Balaban J connectivity index is 2.10. The van der Waals surface area contributed by atoms with Gasteiger partial charge in [0, 0.05) is 18.1 Å². The minimum absolute atomic E-state index is 0.0858. The predicted octanol–water partition coefficient (Wildman–Crippen LogP) is 1.38. The van der Waals surface area contributed by atoms with Crippen LogP contribution in [0.5, 0.6) is 0 Å². The monoisotopic (exact) mass is 349 g/mol. The molecule has 0 aliphatic carbocycles. The van der Waals surface area contributed by atoms with E-state index in [2.05, 4.69) is 9.72 Å². The molecule has 1 saturated heterocycles. The number of carbonyl (C=O) groups excluding carboxylic acids is 1. The average Bonchev–Trinajstić information content (AvgIpc) is 3.11. The van der Waals surface area contributed by atoms with E-state index >= 15 is 0 Å². The maximum absolute atomic E-state index is 12.8. The van der Waals surface area contributed by atoms with Crippen LogP contribution in [0.1, 0.15) is 12.8 Å². The molecule has 1 aliphatic heterocycles. The third-order valence-corrected chi connectivity index (χ3v) is 6.47. The molecule has 0 saturated carbocycles. The topological polar surface area (TPSA) is 81.0 Å². The first-order valence-electron chi connectivity index (χ1n) is 6.17. The van der Waals surface area contributed by atoms with E-state index < -0.39 is 22.0 Å². The number of thiazole rings is 1. The second-order valence-electron chi connectivity index (χ2n) is 4.56. The molecule has 1 unspecified atom stereocenters. The summed E-state index contributed by atoms with van der Waals surface area (Å²) in [6.07, 6.45) is 2.63. The third-order valence-electron chi connectivity index (χ3n) is 3.41. The minimum Gasteiger partial charge on any atom is -0.468 e. The number of fused-ring (bicyclic) bond motifs is 1. The number of hydrogen-bond donors (Lipinski definition) is 0. The van der Waals surface area contributed by atoms with Crippen LogP contribution in [0, 0.1) is 0 Å². The van der Waals surface area contributed by atoms with Gasteiger partial charge in [0.2, 0.25) is 0 Å². The molecule has 1 aliphatic rings. The van der Waals surface area contributed by atoms with Crippen molar-refractivity contribution in [3.63, 3.8) is 0 Å². The van der Waals surface area contributed by atoms with Gasteiger partial charge in [-0.05, 0) is 12.8 Å². The Morgan fingerprint density at radius 1 is 1.57 bits per heavy atom. The number of imidazole rings is 1. The highest BCUT2D eigenvalue weighted by Gasteiger charge is 2.42. The molecule has 2 aromatic heterocycles. The quantitative estimate of drug-likeness (QED) is 0.782. The van der Waals surface area contributed by atoms with Gasteiger partial charge in [-0.2, -0.15) is 4.31 Å². The van der Waals surface area contributed by atoms with Crippen molar-refractivity contribution in [1.29, 1.82) is 0 Å². The number of hydrogen-bond acceptors (Lipinski definition) is 6. The summed E-state index contributed by atoms with van der Waals surface area (Å²) >= 11 is 7.27. The number of carbonyl (C=O) groups is 1. The van der Waals surface area contributed by atoms with E-state index in [0.29, 0.717) is 17.8 Å². The van der Waals surface area contributed by atoms with Crippen molar-refractivity contribution in [1.82, 2.24) is 13.7 Å². The van der Waals surface area contributed by atoms with E-state index in [1.54, 1.807) is 11.6 Å². The molecule has 1 fully saturated rings. The van der Waals surface area contributed by atoms with Crippen LogP contribution in [0.3, 0.4) is 0 Å². The maximum atomic E-state index is 12.8. The molecule has 10 heteroatoms. The van der Waals surface area contributed by atoms with Crippen LogP contribution in [0.15, 0.2) is 16.6 Å². The number of esters is 1. The van der Waals surface area contributed by atoms with Gasteiger partial charge >= 0.3 is 5.97 Å². The number of methoxy groups -OCH3 is 1. The number of aromatic nitrogens is 2. The minimum atomic E-state index is -3.92. The summed E-state index contributed by atoms with van der Waals surface area (Å²) in [6, 6.07) is -0.805. The molecule has 0 aromatic carbocycles. The summed E-state index contributed by atoms with van der Waals surface area (Å²) in [5.41, 5.74) is 0. The number of ether oxygens (including phenoxy) is 1. The molecule has 114 valence electrons. The van der Waals surface area contributed by atoms with Gasteiger partial charge in [0.25, 0.3) is 10.0 Å². The van der Waals surface area contributed by atoms with Gasteiger partial charge in [0.05, 0.1) is 7.11 Å². The average molecular weight is 350 g/mol. The Kier molecular flexibility index (Phi) is 3.68. The van der Waals surface area contributed by atoms with Crippen molar-refractivity contribution in [2.45, 2.75) is 23.9 Å². The van der Waals surface area contributed by atoms with E-state index in [9.17, 15) is 13.2 Å². The Hall–Kier alpha value is -1.16. The number of rotatable bonds is 3. The van der Waals surface area contributed by atoms with Gasteiger partial charge in [-0.1, -0.05) is 11.6 Å². The van der Waals surface area contributed by atoms with Crippen molar-refractivity contribution in [3.05, 3.63) is 16.7 Å². The van der Waals surface area contributed by atoms with Gasteiger partial charge < -0.3 is 4.74 Å². The highest BCUT2D eigenvalue weighted by atomic mass is 35.5. The van der Waals surface area contributed by atoms with Crippen molar-refractivity contribution in [2.75, 3.05) is 13.7 Å². The Morgan fingerprint density at radius 3 is 3.05 bits per heavy atom. The molecular formula is C11H12ClN3O4S2. The molecule has 0 amide bonds. The molecule has 2 aromatic rings. The molecule has 21 heavy (non-hydrogen) atoms. The second kappa shape index (κ2) is 5.24. The molecule has 0 spiro atoms. The molecule has 0 bridgehead atoms. The number of sulfonamides is 1. The Bertz CT molecular complexity index is 798. The van der Waals surface area contributed by atoms with Crippen LogP contribution in [-0.2, 0) is 19.6 Å². The van der Waals surface area contributed by atoms with Crippen LogP contribution in [0.25, 0.3) is 4.96 Å². The Morgan fingerprint density at radius 2 is 2.33 bits per heavy atom. The number of nitrogens with zero attached hydrogens (tertiary/aromatic N) is 3. The molecule has 0 N–H and O–H groups in total. The molecule has 7 nitrogen and oxygen atoms in total. The zero-order chi connectivity index (χ0) is 15.2. The van der Waals surface area contributed by atoms with E-state index in [-0.39, 0.29) is 16.7 Å². The summed E-state index contributed by atoms with van der Waals surface area (Å²) in [6.45, 7) is 0.260. The normalized spacial score (nSPS) is 20.2. The van der Waals surface area contributed by atoms with Crippen molar-refractivity contribution < 1.29 is 17.9 Å². The zero-order valence-corrected chi connectivity index (χ0v) is 13.4. The highest BCUT2D eigenvalue weighted by Crippen LogP contribution is 2.32. The third kappa shape index (κ3) is 2.24. The summed E-state index contributed by atoms with van der Waals surface area (Å²) in [7, 11) is -2.67. The van der Waals surface area contributed by atoms with Crippen LogP contribution < -0.4 is 0 Å². The first-order valence-corrected chi connectivity index (χ1v) is 8.87. The SMILES string of the molecule is COC(=O)C1CCCN1S(=O)(=O)c1c(Cl)nc2sccn12. The molecule has 0 radical (unpaired) electrons. The summed E-state index contributed by atoms with van der Waals surface area (Å²) in [5.74, 6) is -0.557. The van der Waals surface area contributed by atoms with Crippen LogP contribution in [0.4, 0.5) is 0 Å². The van der Waals surface area contributed by atoms with Gasteiger partial charge in [-0.15, -0.1) is 11.3 Å². The largest absolute Gasteiger partial charge is 0.468 e. The lowest BCUT2D eigenvalue weighted by Crippen LogP contribution is -2.41. The molecule has 3 rings (SSSR count). The van der Waals surface area contributed by atoms with Crippen molar-refractivity contribution >= 4 is 43.9 Å². The molecular weight excluding hydrogens is 338 g/mol. The molecule has 1 atom stereocenters. The van der Waals surface area contributed by atoms with E-state index in [0.717, 1.165) is 4.31 Å². The summed E-state index contributed by atoms with van der Waals surface area (Å²) < 4.78 is 32.9. The van der Waals surface area contributed by atoms with Gasteiger partial charge in [-0.25, -0.2) is 13.4 Å². The van der Waals surface area contributed by atoms with Crippen molar-refractivity contribution in [3.8, 4) is 0 Å². The summed E-state index contributed by atoms with van der Waals surface area (Å²) in [5, 5.41) is 1.54. The highest BCUT2D eigenvalue weighted by molar-refractivity contribution is 7.89. The van der Waals surface area contributed by atoms with Crippen molar-refractivity contribution in [2.24, 2.45) is 0 Å². The van der Waals surface area contributed by atoms with Gasteiger partial charge in [0.1, 0.15) is 6.04 Å². The lowest BCUT2D eigenvalue weighted by Gasteiger charge is -2.21. The zero-order valence-electron chi connectivity index (χ0n) is 11.0. The van der Waals surface area contributed by atoms with E-state index in [1.807, 2.05) is 0 Å². The van der Waals surface area contributed by atoms with Crippen LogP contribution >= 0.6 is 22.9 Å². The predicted molar refractivity (Wildman–Crippen MR) is 77.0 cm³/mol. The lowest BCUT2D eigenvalue weighted by molar-refractivity contribution is -0.144. The first-order chi connectivity index (χ1) is 9.96. The fourth-order valence-corrected chi connectivity index (χ4v) is 5.54. The summed E-state index contributed by atoms with van der Waals surface area (Å²) in [4.78, 5) is 16.3. The lowest BCUT2D eigenvalue weighted by atomic mass is 10.2. The van der Waals surface area contributed by atoms with Gasteiger partial charge in [0.15, 0.2) is 15.1 Å². The Labute approximate surface area is 130 Å². The fourth-order valence-electron chi connectivity index (χ4n) is 2.48. The second-order valence-corrected chi connectivity index (χ2v) is 7.60.